The molecular weight excluding hydrogens is 633 g/mol. The number of hydrogen-bond acceptors (Lipinski definition) is 3. The summed E-state index contributed by atoms with van der Waals surface area (Å²) in [7, 11) is 0. The number of anilines is 3. The van der Waals surface area contributed by atoms with E-state index in [2.05, 4.69) is 187 Å². The van der Waals surface area contributed by atoms with Crippen LogP contribution in [-0.4, -0.2) is 4.98 Å². The molecule has 0 saturated heterocycles. The first kappa shape index (κ1) is 29.9. The van der Waals surface area contributed by atoms with E-state index in [9.17, 15) is 0 Å². The molecule has 0 N–H and O–H groups in total. The standard InChI is InChI=1S/C49H32N2O/c1-3-13-33(14-4-1)37-20-11-21-40(30-37)51(47-24-12-22-43-45-31-39-19-9-10-23-46(39)50-49(45)52-48(43)47)41-27-28-42(35-16-5-2-6-17-35)44(32-41)38-26-25-34-15-7-8-18-36(34)29-38/h1-32H. The Labute approximate surface area is 301 Å². The monoisotopic (exact) mass is 664 g/mol. The molecule has 0 aliphatic rings. The Morgan fingerprint density at radius 1 is 0.385 bits per heavy atom. The molecule has 244 valence electrons. The highest BCUT2D eigenvalue weighted by Crippen LogP contribution is 2.45. The summed E-state index contributed by atoms with van der Waals surface area (Å²) in [4.78, 5) is 7.28. The van der Waals surface area contributed by atoms with Gasteiger partial charge in [0.1, 0.15) is 0 Å². The van der Waals surface area contributed by atoms with E-state index in [0.29, 0.717) is 5.71 Å². The van der Waals surface area contributed by atoms with Crippen molar-refractivity contribution in [3.63, 3.8) is 0 Å². The van der Waals surface area contributed by atoms with Crippen molar-refractivity contribution < 1.29 is 4.42 Å². The molecule has 2 aromatic heterocycles. The Bertz CT molecular complexity index is 2910. The molecular formula is C49H32N2O. The van der Waals surface area contributed by atoms with E-state index in [4.69, 9.17) is 9.40 Å². The number of aromatic nitrogens is 1. The van der Waals surface area contributed by atoms with Crippen molar-refractivity contribution in [2.75, 3.05) is 4.90 Å². The predicted octanol–water partition coefficient (Wildman–Crippen LogP) is 13.8. The maximum atomic E-state index is 6.73. The third kappa shape index (κ3) is 5.19. The van der Waals surface area contributed by atoms with Crippen LogP contribution in [0.15, 0.2) is 199 Å². The van der Waals surface area contributed by atoms with Crippen molar-refractivity contribution in [2.45, 2.75) is 0 Å². The summed E-state index contributed by atoms with van der Waals surface area (Å²) in [6, 6.07) is 68.9. The van der Waals surface area contributed by atoms with Crippen LogP contribution in [-0.2, 0) is 0 Å². The Morgan fingerprint density at radius 2 is 1.08 bits per heavy atom. The highest BCUT2D eigenvalue weighted by atomic mass is 16.3. The predicted molar refractivity (Wildman–Crippen MR) is 218 cm³/mol. The van der Waals surface area contributed by atoms with Gasteiger partial charge in [-0.15, -0.1) is 0 Å². The summed E-state index contributed by atoms with van der Waals surface area (Å²) in [6.45, 7) is 0. The second-order valence-electron chi connectivity index (χ2n) is 13.2. The van der Waals surface area contributed by atoms with Gasteiger partial charge in [-0.05, 0) is 92.7 Å². The number of furan rings is 1. The topological polar surface area (TPSA) is 29.3 Å². The van der Waals surface area contributed by atoms with E-state index in [1.807, 2.05) is 12.1 Å². The molecule has 0 amide bonds. The van der Waals surface area contributed by atoms with Crippen LogP contribution in [0.1, 0.15) is 0 Å². The third-order valence-corrected chi connectivity index (χ3v) is 10.0. The minimum absolute atomic E-state index is 0.635. The van der Waals surface area contributed by atoms with Crippen molar-refractivity contribution in [3.05, 3.63) is 194 Å². The van der Waals surface area contributed by atoms with Crippen LogP contribution in [0.5, 0.6) is 0 Å². The number of nitrogens with zero attached hydrogens (tertiary/aromatic N) is 2. The number of fused-ring (bicyclic) bond motifs is 5. The van der Waals surface area contributed by atoms with Crippen molar-refractivity contribution in [3.8, 4) is 33.4 Å². The molecule has 3 nitrogen and oxygen atoms in total. The highest BCUT2D eigenvalue weighted by Gasteiger charge is 2.22. The fourth-order valence-corrected chi connectivity index (χ4v) is 7.50. The number of benzene rings is 8. The van der Waals surface area contributed by atoms with Crippen molar-refractivity contribution in [1.29, 1.82) is 0 Å². The lowest BCUT2D eigenvalue weighted by molar-refractivity contribution is 0.656. The van der Waals surface area contributed by atoms with Gasteiger partial charge in [-0.25, -0.2) is 4.98 Å². The maximum Gasteiger partial charge on any atom is 0.228 e. The van der Waals surface area contributed by atoms with Crippen LogP contribution in [0.3, 0.4) is 0 Å². The van der Waals surface area contributed by atoms with Gasteiger partial charge in [-0.3, -0.25) is 0 Å². The summed E-state index contributed by atoms with van der Waals surface area (Å²) in [6.07, 6.45) is 0. The molecule has 0 radical (unpaired) electrons. The van der Waals surface area contributed by atoms with Gasteiger partial charge in [0.2, 0.25) is 5.71 Å². The van der Waals surface area contributed by atoms with E-state index < -0.39 is 0 Å². The average molecular weight is 665 g/mol. The number of rotatable bonds is 6. The minimum atomic E-state index is 0.635. The van der Waals surface area contributed by atoms with E-state index in [0.717, 1.165) is 61.0 Å². The minimum Gasteiger partial charge on any atom is -0.435 e. The van der Waals surface area contributed by atoms with Gasteiger partial charge in [-0.2, -0.15) is 0 Å². The lowest BCUT2D eigenvalue weighted by Gasteiger charge is -2.27. The molecule has 0 spiro atoms. The van der Waals surface area contributed by atoms with Gasteiger partial charge in [-0.1, -0.05) is 146 Å². The Kier molecular flexibility index (Phi) is 7.14. The van der Waals surface area contributed by atoms with Crippen molar-refractivity contribution in [2.24, 2.45) is 0 Å². The molecule has 3 heteroatoms. The third-order valence-electron chi connectivity index (χ3n) is 10.0. The SMILES string of the molecule is c1ccc(-c2cccc(N(c3ccc(-c4ccccc4)c(-c4ccc5ccccc5c4)c3)c3cccc4c3oc3nc5ccccc5cc34)c2)cc1. The Balaban J connectivity index is 1.24. The molecule has 0 atom stereocenters. The first-order valence-corrected chi connectivity index (χ1v) is 17.6. The molecule has 0 unspecified atom stereocenters. The van der Waals surface area contributed by atoms with Crippen LogP contribution in [0.4, 0.5) is 17.1 Å². The summed E-state index contributed by atoms with van der Waals surface area (Å²) < 4.78 is 6.73. The Morgan fingerprint density at radius 3 is 1.92 bits per heavy atom. The summed E-state index contributed by atoms with van der Waals surface area (Å²) in [5, 5.41) is 5.56. The van der Waals surface area contributed by atoms with Crippen molar-refractivity contribution >= 4 is 60.8 Å². The zero-order valence-electron chi connectivity index (χ0n) is 28.3. The second-order valence-corrected chi connectivity index (χ2v) is 13.2. The Hall–Kier alpha value is -6.97. The fourth-order valence-electron chi connectivity index (χ4n) is 7.50. The zero-order valence-corrected chi connectivity index (χ0v) is 28.3. The van der Waals surface area contributed by atoms with E-state index in [1.54, 1.807) is 0 Å². The van der Waals surface area contributed by atoms with Crippen LogP contribution < -0.4 is 4.90 Å². The molecule has 0 saturated carbocycles. The molecule has 0 bridgehead atoms. The quantitative estimate of drug-likeness (QED) is 0.177. The van der Waals surface area contributed by atoms with Crippen LogP contribution >= 0.6 is 0 Å². The van der Waals surface area contributed by atoms with Crippen LogP contribution in [0, 0.1) is 0 Å². The summed E-state index contributed by atoms with van der Waals surface area (Å²) >= 11 is 0. The number of pyridine rings is 1. The van der Waals surface area contributed by atoms with E-state index in [1.165, 1.54) is 27.5 Å². The number of hydrogen-bond donors (Lipinski definition) is 0. The summed E-state index contributed by atoms with van der Waals surface area (Å²) in [5.41, 5.74) is 12.3. The molecule has 52 heavy (non-hydrogen) atoms. The van der Waals surface area contributed by atoms with Gasteiger partial charge >= 0.3 is 0 Å². The van der Waals surface area contributed by atoms with Gasteiger partial charge in [0.15, 0.2) is 5.58 Å². The van der Waals surface area contributed by atoms with Gasteiger partial charge in [0, 0.05) is 27.5 Å². The normalized spacial score (nSPS) is 11.5. The number of para-hydroxylation sites is 2. The van der Waals surface area contributed by atoms with Crippen molar-refractivity contribution in [1.82, 2.24) is 4.98 Å². The first-order valence-electron chi connectivity index (χ1n) is 17.6. The molecule has 10 rings (SSSR count). The van der Waals surface area contributed by atoms with E-state index >= 15 is 0 Å². The lowest BCUT2D eigenvalue weighted by Crippen LogP contribution is -2.10. The van der Waals surface area contributed by atoms with Gasteiger partial charge in [0.25, 0.3) is 0 Å². The summed E-state index contributed by atoms with van der Waals surface area (Å²) in [5.74, 6) is 0. The molecule has 0 aliphatic heterocycles. The average Bonchev–Trinajstić information content (AvgIpc) is 3.58. The highest BCUT2D eigenvalue weighted by molar-refractivity contribution is 6.12. The second kappa shape index (κ2) is 12.4. The van der Waals surface area contributed by atoms with E-state index in [-0.39, 0.29) is 0 Å². The van der Waals surface area contributed by atoms with Gasteiger partial charge in [0.05, 0.1) is 11.2 Å². The van der Waals surface area contributed by atoms with Crippen LogP contribution in [0.25, 0.3) is 77.1 Å². The fraction of sp³-hybridized carbons (Fsp3) is 0. The molecule has 10 aromatic rings. The molecule has 2 heterocycles. The molecule has 0 aliphatic carbocycles. The largest absolute Gasteiger partial charge is 0.435 e. The molecule has 0 fully saturated rings. The lowest BCUT2D eigenvalue weighted by atomic mass is 9.92. The molecule has 8 aromatic carbocycles. The smallest absolute Gasteiger partial charge is 0.228 e. The zero-order chi connectivity index (χ0) is 34.4. The van der Waals surface area contributed by atoms with Gasteiger partial charge < -0.3 is 9.32 Å². The first-order chi connectivity index (χ1) is 25.8. The maximum absolute atomic E-state index is 6.73. The van der Waals surface area contributed by atoms with Crippen LogP contribution in [0.2, 0.25) is 0 Å².